The quantitative estimate of drug-likeness (QED) is 0.853. The maximum atomic E-state index is 12.9. The molecule has 1 aliphatic rings. The van der Waals surface area contributed by atoms with Crippen molar-refractivity contribution in [2.75, 3.05) is 20.8 Å². The fraction of sp³-hybridized carbons (Fsp3) is 0.409. The number of rotatable bonds is 5. The average Bonchev–Trinajstić information content (AvgIpc) is 3.16. The van der Waals surface area contributed by atoms with Gasteiger partial charge >= 0.3 is 6.03 Å². The average molecular weight is 368 g/mol. The van der Waals surface area contributed by atoms with Crippen molar-refractivity contribution in [2.45, 2.75) is 39.3 Å². The third-order valence-electron chi connectivity index (χ3n) is 5.24. The highest BCUT2D eigenvalue weighted by atomic mass is 16.5. The minimum Gasteiger partial charge on any atom is -0.497 e. The summed E-state index contributed by atoms with van der Waals surface area (Å²) in [6.45, 7) is 5.44. The summed E-state index contributed by atoms with van der Waals surface area (Å²) in [6, 6.07) is 12.1. The van der Waals surface area contributed by atoms with Crippen LogP contribution in [0.2, 0.25) is 0 Å². The second kappa shape index (κ2) is 8.33. The van der Waals surface area contributed by atoms with E-state index in [1.807, 2.05) is 23.1 Å². The Morgan fingerprint density at radius 1 is 1.15 bits per heavy atom. The largest absolute Gasteiger partial charge is 0.497 e. The van der Waals surface area contributed by atoms with E-state index < -0.39 is 0 Å². The molecular formula is C22H28N2O3. The minimum atomic E-state index is -0.0321. The van der Waals surface area contributed by atoms with Gasteiger partial charge in [0.15, 0.2) is 0 Å². The smallest absolute Gasteiger partial charge is 0.318 e. The van der Waals surface area contributed by atoms with Crippen molar-refractivity contribution in [1.29, 1.82) is 0 Å². The number of aryl methyl sites for hydroxylation is 2. The Balaban J connectivity index is 1.73. The van der Waals surface area contributed by atoms with E-state index in [1.54, 1.807) is 14.2 Å². The van der Waals surface area contributed by atoms with Crippen LogP contribution in [0.1, 0.15) is 41.1 Å². The third kappa shape index (κ3) is 4.18. The van der Waals surface area contributed by atoms with Crippen molar-refractivity contribution in [3.8, 4) is 11.5 Å². The van der Waals surface area contributed by atoms with Crippen LogP contribution in [0.25, 0.3) is 0 Å². The predicted octanol–water partition coefficient (Wildman–Crippen LogP) is 4.37. The van der Waals surface area contributed by atoms with E-state index in [9.17, 15) is 4.79 Å². The first kappa shape index (κ1) is 19.1. The van der Waals surface area contributed by atoms with Crippen LogP contribution in [0.5, 0.6) is 11.5 Å². The summed E-state index contributed by atoms with van der Waals surface area (Å²) in [4.78, 5) is 14.8. The Bertz CT molecular complexity index is 819. The fourth-order valence-electron chi connectivity index (χ4n) is 3.74. The molecular weight excluding hydrogens is 340 g/mol. The number of methoxy groups -OCH3 is 2. The van der Waals surface area contributed by atoms with Crippen LogP contribution >= 0.6 is 0 Å². The van der Waals surface area contributed by atoms with Crippen LogP contribution in [-0.4, -0.2) is 31.7 Å². The highest BCUT2D eigenvalue weighted by Gasteiger charge is 2.32. The van der Waals surface area contributed by atoms with Gasteiger partial charge < -0.3 is 19.7 Å². The summed E-state index contributed by atoms with van der Waals surface area (Å²) in [5.41, 5.74) is 4.60. The van der Waals surface area contributed by atoms with E-state index >= 15 is 0 Å². The molecule has 5 nitrogen and oxygen atoms in total. The number of benzene rings is 2. The van der Waals surface area contributed by atoms with Gasteiger partial charge in [0.2, 0.25) is 0 Å². The van der Waals surface area contributed by atoms with Crippen molar-refractivity contribution in [1.82, 2.24) is 10.2 Å². The minimum absolute atomic E-state index is 0.0185. The summed E-state index contributed by atoms with van der Waals surface area (Å²) >= 11 is 0. The molecule has 0 bridgehead atoms. The number of nitrogens with zero attached hydrogens (tertiary/aromatic N) is 1. The van der Waals surface area contributed by atoms with E-state index in [1.165, 1.54) is 11.1 Å². The topological polar surface area (TPSA) is 50.8 Å². The second-order valence-electron chi connectivity index (χ2n) is 7.05. The van der Waals surface area contributed by atoms with E-state index in [0.29, 0.717) is 6.54 Å². The molecule has 27 heavy (non-hydrogen) atoms. The number of urea groups is 1. The van der Waals surface area contributed by atoms with Gasteiger partial charge in [-0.25, -0.2) is 4.79 Å². The first-order chi connectivity index (χ1) is 13.0. The Kier molecular flexibility index (Phi) is 5.89. The van der Waals surface area contributed by atoms with Crippen molar-refractivity contribution in [3.63, 3.8) is 0 Å². The van der Waals surface area contributed by atoms with Crippen LogP contribution in [-0.2, 0) is 6.54 Å². The van der Waals surface area contributed by atoms with Gasteiger partial charge in [-0.2, -0.15) is 0 Å². The molecule has 0 radical (unpaired) electrons. The molecule has 1 atom stereocenters. The molecule has 2 aromatic carbocycles. The van der Waals surface area contributed by atoms with Crippen molar-refractivity contribution < 1.29 is 14.3 Å². The van der Waals surface area contributed by atoms with Gasteiger partial charge in [0.05, 0.1) is 20.3 Å². The first-order valence-corrected chi connectivity index (χ1v) is 9.36. The van der Waals surface area contributed by atoms with Crippen LogP contribution in [0, 0.1) is 13.8 Å². The SMILES string of the molecule is COc1ccc(C2CCCN2C(=O)NCc2ccc(C)cc2C)c(OC)c1. The lowest BCUT2D eigenvalue weighted by molar-refractivity contribution is 0.191. The van der Waals surface area contributed by atoms with E-state index in [0.717, 1.165) is 42.0 Å². The number of amides is 2. The zero-order chi connectivity index (χ0) is 19.4. The maximum absolute atomic E-state index is 12.9. The molecule has 0 saturated carbocycles. The van der Waals surface area contributed by atoms with Crippen molar-refractivity contribution >= 4 is 6.03 Å². The first-order valence-electron chi connectivity index (χ1n) is 9.36. The summed E-state index contributed by atoms with van der Waals surface area (Å²) in [7, 11) is 3.29. The molecule has 1 N–H and O–H groups in total. The van der Waals surface area contributed by atoms with Gasteiger partial charge in [-0.05, 0) is 49.9 Å². The zero-order valence-electron chi connectivity index (χ0n) is 16.5. The van der Waals surface area contributed by atoms with Gasteiger partial charge in [-0.3, -0.25) is 0 Å². The third-order valence-corrected chi connectivity index (χ3v) is 5.24. The molecule has 5 heteroatoms. The standard InChI is InChI=1S/C22H28N2O3/c1-15-7-8-17(16(2)12-15)14-23-22(25)24-11-5-6-20(24)19-10-9-18(26-3)13-21(19)27-4/h7-10,12-13,20H,5-6,11,14H2,1-4H3,(H,23,25). The lowest BCUT2D eigenvalue weighted by Gasteiger charge is -2.27. The molecule has 1 heterocycles. The monoisotopic (exact) mass is 368 g/mol. The van der Waals surface area contributed by atoms with Crippen LogP contribution in [0.15, 0.2) is 36.4 Å². The highest BCUT2D eigenvalue weighted by Crippen LogP contribution is 2.38. The van der Waals surface area contributed by atoms with Crippen molar-refractivity contribution in [2.24, 2.45) is 0 Å². The highest BCUT2D eigenvalue weighted by molar-refractivity contribution is 5.75. The van der Waals surface area contributed by atoms with Crippen LogP contribution in [0.4, 0.5) is 4.79 Å². The van der Waals surface area contributed by atoms with E-state index in [4.69, 9.17) is 9.47 Å². The lowest BCUT2D eigenvalue weighted by atomic mass is 10.0. The maximum Gasteiger partial charge on any atom is 0.318 e. The molecule has 1 aliphatic heterocycles. The molecule has 144 valence electrons. The Labute approximate surface area is 161 Å². The number of nitrogens with one attached hydrogen (secondary N) is 1. The lowest BCUT2D eigenvalue weighted by Crippen LogP contribution is -2.39. The second-order valence-corrected chi connectivity index (χ2v) is 7.05. The number of ether oxygens (including phenoxy) is 2. The van der Waals surface area contributed by atoms with Crippen LogP contribution in [0.3, 0.4) is 0 Å². The van der Waals surface area contributed by atoms with Gasteiger partial charge in [0.1, 0.15) is 11.5 Å². The van der Waals surface area contributed by atoms with Gasteiger partial charge in [0.25, 0.3) is 0 Å². The number of hydrogen-bond donors (Lipinski definition) is 1. The Morgan fingerprint density at radius 2 is 1.96 bits per heavy atom. The summed E-state index contributed by atoms with van der Waals surface area (Å²) in [5.74, 6) is 1.51. The molecule has 1 saturated heterocycles. The summed E-state index contributed by atoms with van der Waals surface area (Å²) in [5, 5.41) is 3.08. The van der Waals surface area contributed by atoms with Gasteiger partial charge in [-0.15, -0.1) is 0 Å². The zero-order valence-corrected chi connectivity index (χ0v) is 16.5. The van der Waals surface area contributed by atoms with E-state index in [-0.39, 0.29) is 12.1 Å². The predicted molar refractivity (Wildman–Crippen MR) is 106 cm³/mol. The normalized spacial score (nSPS) is 16.3. The van der Waals surface area contributed by atoms with Gasteiger partial charge in [0, 0.05) is 24.7 Å². The van der Waals surface area contributed by atoms with Crippen molar-refractivity contribution in [3.05, 3.63) is 58.7 Å². The van der Waals surface area contributed by atoms with Gasteiger partial charge in [-0.1, -0.05) is 23.8 Å². The number of likely N-dealkylation sites (tertiary alicyclic amines) is 1. The molecule has 3 rings (SSSR count). The molecule has 1 unspecified atom stereocenters. The number of carbonyl (C=O) groups is 1. The summed E-state index contributed by atoms with van der Waals surface area (Å²) in [6.07, 6.45) is 1.91. The van der Waals surface area contributed by atoms with E-state index in [2.05, 4.69) is 37.4 Å². The summed E-state index contributed by atoms with van der Waals surface area (Å²) < 4.78 is 10.8. The molecule has 2 amide bonds. The Morgan fingerprint density at radius 3 is 2.67 bits per heavy atom. The Hall–Kier alpha value is -2.69. The number of hydrogen-bond acceptors (Lipinski definition) is 3. The molecule has 0 aromatic heterocycles. The molecule has 0 spiro atoms. The molecule has 2 aromatic rings. The molecule has 1 fully saturated rings. The molecule has 0 aliphatic carbocycles. The van der Waals surface area contributed by atoms with Crippen LogP contribution < -0.4 is 14.8 Å². The number of carbonyl (C=O) groups excluding carboxylic acids is 1. The fourth-order valence-corrected chi connectivity index (χ4v) is 3.74.